The lowest BCUT2D eigenvalue weighted by molar-refractivity contribution is -0.160. The number of rotatable bonds is 7. The van der Waals surface area contributed by atoms with Gasteiger partial charge in [0.05, 0.1) is 12.5 Å². The molecule has 1 amide bonds. The molecular weight excluding hydrogens is 421 g/mol. The van der Waals surface area contributed by atoms with Crippen LogP contribution < -0.4 is 10.1 Å². The van der Waals surface area contributed by atoms with Crippen molar-refractivity contribution < 1.29 is 23.5 Å². The Hall–Kier alpha value is -3.67. The van der Waals surface area contributed by atoms with Crippen LogP contribution in [0.1, 0.15) is 42.9 Å². The third-order valence-electron chi connectivity index (χ3n) is 6.15. The molecule has 3 aromatic carbocycles. The Kier molecular flexibility index (Phi) is 6.73. The van der Waals surface area contributed by atoms with Gasteiger partial charge in [0.15, 0.2) is 0 Å². The van der Waals surface area contributed by atoms with Crippen molar-refractivity contribution in [2.75, 3.05) is 12.4 Å². The number of benzene rings is 3. The van der Waals surface area contributed by atoms with Gasteiger partial charge in [-0.3, -0.25) is 9.59 Å². The minimum Gasteiger partial charge on any atom is -0.497 e. The molecule has 0 unspecified atom stereocenters. The summed E-state index contributed by atoms with van der Waals surface area (Å²) in [5, 5.41) is 2.83. The summed E-state index contributed by atoms with van der Waals surface area (Å²) in [4.78, 5) is 26.8. The number of carbonyl (C=O) groups excluding carboxylic acids is 2. The summed E-state index contributed by atoms with van der Waals surface area (Å²) in [5.74, 6) is -0.696. The second kappa shape index (κ2) is 9.86. The number of hydrogen-bond acceptors (Lipinski definition) is 4. The number of esters is 1. The number of hydrogen-bond donors (Lipinski definition) is 1. The minimum absolute atomic E-state index is 0.361. The number of methoxy groups -OCH3 is 1. The normalized spacial score (nSPS) is 15.5. The van der Waals surface area contributed by atoms with Gasteiger partial charge in [-0.15, -0.1) is 0 Å². The number of ether oxygens (including phenoxy) is 2. The van der Waals surface area contributed by atoms with Crippen LogP contribution in [0, 0.1) is 5.82 Å². The second-order valence-electron chi connectivity index (χ2n) is 8.21. The lowest BCUT2D eigenvalue weighted by Crippen LogP contribution is -2.38. The van der Waals surface area contributed by atoms with E-state index >= 15 is 0 Å². The molecule has 0 spiro atoms. The smallest absolute Gasteiger partial charge is 0.317 e. The molecule has 33 heavy (non-hydrogen) atoms. The first-order chi connectivity index (χ1) is 16.0. The van der Waals surface area contributed by atoms with Gasteiger partial charge in [0.2, 0.25) is 6.10 Å². The molecule has 170 valence electrons. The Morgan fingerprint density at radius 1 is 0.939 bits per heavy atom. The van der Waals surface area contributed by atoms with Crippen LogP contribution in [-0.2, 0) is 19.7 Å². The molecule has 1 aliphatic rings. The van der Waals surface area contributed by atoms with Crippen LogP contribution in [0.25, 0.3) is 0 Å². The zero-order valence-electron chi connectivity index (χ0n) is 18.4. The lowest BCUT2D eigenvalue weighted by Gasteiger charge is -2.29. The average molecular weight is 448 g/mol. The third-order valence-corrected chi connectivity index (χ3v) is 6.15. The van der Waals surface area contributed by atoms with Gasteiger partial charge in [-0.2, -0.15) is 0 Å². The second-order valence-corrected chi connectivity index (χ2v) is 8.21. The highest BCUT2D eigenvalue weighted by atomic mass is 19.1. The minimum atomic E-state index is -1.14. The molecule has 1 atom stereocenters. The maximum atomic E-state index is 13.6. The Balaban J connectivity index is 1.62. The maximum absolute atomic E-state index is 13.6. The Morgan fingerprint density at radius 2 is 1.64 bits per heavy atom. The van der Waals surface area contributed by atoms with Crippen molar-refractivity contribution in [3.05, 3.63) is 95.8 Å². The van der Waals surface area contributed by atoms with Crippen molar-refractivity contribution in [1.29, 1.82) is 0 Å². The standard InChI is InChI=1S/C27H26FNO4/c1-32-23-11-7-10-22(18-23)29-25(30)24(19-8-3-2-4-9-19)33-26(31)27(16-5-6-17-27)20-12-14-21(28)15-13-20/h2-4,7-15,18,24H,5-6,16-17H2,1H3,(H,29,30)/t24-/m1/s1. The van der Waals surface area contributed by atoms with Crippen LogP contribution in [-0.4, -0.2) is 19.0 Å². The Labute approximate surface area is 192 Å². The monoisotopic (exact) mass is 447 g/mol. The van der Waals surface area contributed by atoms with Crippen LogP contribution in [0.3, 0.4) is 0 Å². The molecule has 3 aromatic rings. The Morgan fingerprint density at radius 3 is 2.30 bits per heavy atom. The van der Waals surface area contributed by atoms with Crippen LogP contribution in [0.15, 0.2) is 78.9 Å². The highest BCUT2D eigenvalue weighted by Crippen LogP contribution is 2.43. The SMILES string of the molecule is COc1cccc(NC(=O)[C@H](OC(=O)C2(c3ccc(F)cc3)CCCC2)c2ccccc2)c1. The quantitative estimate of drug-likeness (QED) is 0.481. The van der Waals surface area contributed by atoms with Crippen LogP contribution in [0.5, 0.6) is 5.75 Å². The molecule has 1 aliphatic carbocycles. The van der Waals surface area contributed by atoms with Crippen LogP contribution >= 0.6 is 0 Å². The molecule has 0 aliphatic heterocycles. The molecule has 1 saturated carbocycles. The van der Waals surface area contributed by atoms with Crippen LogP contribution in [0.4, 0.5) is 10.1 Å². The van der Waals surface area contributed by atoms with Gasteiger partial charge >= 0.3 is 5.97 Å². The van der Waals surface area contributed by atoms with E-state index in [4.69, 9.17) is 9.47 Å². The predicted octanol–water partition coefficient (Wildman–Crippen LogP) is 5.57. The third kappa shape index (κ3) is 4.90. The summed E-state index contributed by atoms with van der Waals surface area (Å²) in [5.41, 5.74) is 0.923. The molecule has 1 N–H and O–H groups in total. The summed E-state index contributed by atoms with van der Waals surface area (Å²) < 4.78 is 24.7. The van der Waals surface area contributed by atoms with E-state index in [2.05, 4.69) is 5.32 Å². The highest BCUT2D eigenvalue weighted by molar-refractivity contribution is 5.97. The first kappa shape index (κ1) is 22.5. The van der Waals surface area contributed by atoms with E-state index in [0.29, 0.717) is 35.4 Å². The van der Waals surface area contributed by atoms with Gasteiger partial charge in [0.1, 0.15) is 11.6 Å². The van der Waals surface area contributed by atoms with Crippen LogP contribution in [0.2, 0.25) is 0 Å². The summed E-state index contributed by atoms with van der Waals surface area (Å²) in [6, 6.07) is 21.9. The van der Waals surface area contributed by atoms with E-state index in [-0.39, 0.29) is 5.82 Å². The van der Waals surface area contributed by atoms with Gasteiger partial charge < -0.3 is 14.8 Å². The van der Waals surface area contributed by atoms with Gasteiger partial charge in [-0.25, -0.2) is 4.39 Å². The maximum Gasteiger partial charge on any atom is 0.317 e. The first-order valence-electron chi connectivity index (χ1n) is 11.0. The fourth-order valence-electron chi connectivity index (χ4n) is 4.39. The molecule has 6 heteroatoms. The summed E-state index contributed by atoms with van der Waals surface area (Å²) >= 11 is 0. The fraction of sp³-hybridized carbons (Fsp3) is 0.259. The molecule has 0 bridgehead atoms. The molecule has 0 heterocycles. The molecule has 0 saturated heterocycles. The van der Waals surface area contributed by atoms with Crippen molar-refractivity contribution in [1.82, 2.24) is 0 Å². The molecule has 1 fully saturated rings. The van der Waals surface area contributed by atoms with E-state index in [1.165, 1.54) is 12.1 Å². The molecule has 4 rings (SSSR count). The number of halogens is 1. The Bertz CT molecular complexity index is 1110. The van der Waals surface area contributed by atoms with Crippen molar-refractivity contribution in [2.45, 2.75) is 37.2 Å². The number of anilines is 1. The summed E-state index contributed by atoms with van der Waals surface area (Å²) in [6.45, 7) is 0. The lowest BCUT2D eigenvalue weighted by atomic mass is 9.79. The molecule has 5 nitrogen and oxygen atoms in total. The van der Waals surface area contributed by atoms with Gasteiger partial charge in [-0.1, -0.05) is 61.4 Å². The van der Waals surface area contributed by atoms with Crippen molar-refractivity contribution >= 4 is 17.6 Å². The van der Waals surface area contributed by atoms with Gasteiger partial charge in [0.25, 0.3) is 5.91 Å². The number of carbonyl (C=O) groups is 2. The molecule has 0 radical (unpaired) electrons. The molecular formula is C27H26FNO4. The van der Waals surface area contributed by atoms with E-state index < -0.39 is 23.4 Å². The van der Waals surface area contributed by atoms with Crippen molar-refractivity contribution in [2.24, 2.45) is 0 Å². The van der Waals surface area contributed by atoms with Crippen molar-refractivity contribution in [3.63, 3.8) is 0 Å². The van der Waals surface area contributed by atoms with Crippen molar-refractivity contribution in [3.8, 4) is 5.75 Å². The fourth-order valence-corrected chi connectivity index (χ4v) is 4.39. The van der Waals surface area contributed by atoms with E-state index in [1.54, 1.807) is 67.8 Å². The average Bonchev–Trinajstić information content (AvgIpc) is 3.35. The largest absolute Gasteiger partial charge is 0.497 e. The zero-order chi connectivity index (χ0) is 23.3. The first-order valence-corrected chi connectivity index (χ1v) is 11.0. The van der Waals surface area contributed by atoms with E-state index in [1.807, 2.05) is 6.07 Å². The topological polar surface area (TPSA) is 64.6 Å². The van der Waals surface area contributed by atoms with Gasteiger partial charge in [0, 0.05) is 17.3 Å². The van der Waals surface area contributed by atoms with E-state index in [0.717, 1.165) is 12.8 Å². The van der Waals surface area contributed by atoms with E-state index in [9.17, 15) is 14.0 Å². The summed E-state index contributed by atoms with van der Waals surface area (Å²) in [7, 11) is 1.55. The predicted molar refractivity (Wildman–Crippen MR) is 123 cm³/mol. The highest BCUT2D eigenvalue weighted by Gasteiger charge is 2.45. The number of amides is 1. The number of nitrogens with one attached hydrogen (secondary N) is 1. The molecule has 0 aromatic heterocycles. The zero-order valence-corrected chi connectivity index (χ0v) is 18.4. The van der Waals surface area contributed by atoms with Gasteiger partial charge in [-0.05, 0) is 42.7 Å². The summed E-state index contributed by atoms with van der Waals surface area (Å²) in [6.07, 6.45) is 1.77.